The zero-order valence-corrected chi connectivity index (χ0v) is 16.7. The number of para-hydroxylation sites is 1. The van der Waals surface area contributed by atoms with Crippen LogP contribution in [-0.4, -0.2) is 49.3 Å². The molecule has 30 heavy (non-hydrogen) atoms. The molecule has 2 aliphatic heterocycles. The standard InChI is InChI=1S/C23H25F2NO4/c24-16-7-8-22(20(25)14-16)30-17-9-11-26(12-10-17)23(27)19-5-1-2-6-21(19)29-15-18-4-3-13-28-18/h1-2,5-8,14,17-18H,3-4,9-13,15H2. The van der Waals surface area contributed by atoms with Gasteiger partial charge in [-0.05, 0) is 37.1 Å². The lowest BCUT2D eigenvalue weighted by molar-refractivity contribution is 0.0563. The van der Waals surface area contributed by atoms with Crippen molar-refractivity contribution in [2.45, 2.75) is 37.9 Å². The van der Waals surface area contributed by atoms with Crippen molar-refractivity contribution >= 4 is 5.91 Å². The van der Waals surface area contributed by atoms with Crippen LogP contribution in [0.15, 0.2) is 42.5 Å². The summed E-state index contributed by atoms with van der Waals surface area (Å²) in [4.78, 5) is 14.8. The highest BCUT2D eigenvalue weighted by Gasteiger charge is 2.27. The van der Waals surface area contributed by atoms with Gasteiger partial charge >= 0.3 is 0 Å². The highest BCUT2D eigenvalue weighted by Crippen LogP contribution is 2.26. The van der Waals surface area contributed by atoms with Crippen LogP contribution in [0.3, 0.4) is 0 Å². The van der Waals surface area contributed by atoms with Gasteiger partial charge in [-0.3, -0.25) is 4.79 Å². The molecule has 0 spiro atoms. The lowest BCUT2D eigenvalue weighted by atomic mass is 10.1. The number of nitrogens with zero attached hydrogens (tertiary/aromatic N) is 1. The molecule has 2 heterocycles. The van der Waals surface area contributed by atoms with Crippen molar-refractivity contribution in [3.8, 4) is 11.5 Å². The second-order valence-electron chi connectivity index (χ2n) is 7.63. The molecule has 2 aliphatic rings. The van der Waals surface area contributed by atoms with Crippen molar-refractivity contribution < 1.29 is 27.8 Å². The number of amides is 1. The summed E-state index contributed by atoms with van der Waals surface area (Å²) in [5.41, 5.74) is 0.527. The average Bonchev–Trinajstić information content (AvgIpc) is 3.28. The molecule has 160 valence electrons. The summed E-state index contributed by atoms with van der Waals surface area (Å²) in [6, 6.07) is 10.5. The minimum Gasteiger partial charge on any atom is -0.490 e. The predicted molar refractivity (Wildman–Crippen MR) is 107 cm³/mol. The first-order chi connectivity index (χ1) is 14.6. The Hall–Kier alpha value is -2.67. The lowest BCUT2D eigenvalue weighted by Gasteiger charge is -2.32. The highest BCUT2D eigenvalue weighted by molar-refractivity contribution is 5.97. The molecule has 0 aromatic heterocycles. The Bertz CT molecular complexity index is 877. The van der Waals surface area contributed by atoms with Crippen molar-refractivity contribution in [3.05, 3.63) is 59.7 Å². The van der Waals surface area contributed by atoms with Gasteiger partial charge in [0.25, 0.3) is 5.91 Å². The van der Waals surface area contributed by atoms with Gasteiger partial charge < -0.3 is 19.1 Å². The number of hydrogen-bond acceptors (Lipinski definition) is 4. The largest absolute Gasteiger partial charge is 0.490 e. The lowest BCUT2D eigenvalue weighted by Crippen LogP contribution is -2.42. The van der Waals surface area contributed by atoms with Crippen LogP contribution in [0.1, 0.15) is 36.0 Å². The topological polar surface area (TPSA) is 48.0 Å². The van der Waals surface area contributed by atoms with Gasteiger partial charge in [0.05, 0.1) is 11.7 Å². The van der Waals surface area contributed by atoms with Crippen LogP contribution in [0.5, 0.6) is 11.5 Å². The minimum absolute atomic E-state index is 0.0362. The average molecular weight is 417 g/mol. The Morgan fingerprint density at radius 2 is 1.87 bits per heavy atom. The van der Waals surface area contributed by atoms with Crippen molar-refractivity contribution in [1.82, 2.24) is 4.90 Å². The summed E-state index contributed by atoms with van der Waals surface area (Å²) in [5.74, 6) is -0.852. The Morgan fingerprint density at radius 3 is 2.60 bits per heavy atom. The molecular weight excluding hydrogens is 392 g/mol. The van der Waals surface area contributed by atoms with Crippen LogP contribution in [0.25, 0.3) is 0 Å². The van der Waals surface area contributed by atoms with Crippen molar-refractivity contribution in [3.63, 3.8) is 0 Å². The number of halogens is 2. The molecule has 0 radical (unpaired) electrons. The van der Waals surface area contributed by atoms with Gasteiger partial charge in [-0.25, -0.2) is 8.78 Å². The molecule has 0 saturated carbocycles. The van der Waals surface area contributed by atoms with Crippen LogP contribution in [0.4, 0.5) is 8.78 Å². The molecule has 0 N–H and O–H groups in total. The van der Waals surface area contributed by atoms with Crippen molar-refractivity contribution in [2.75, 3.05) is 26.3 Å². The van der Waals surface area contributed by atoms with Gasteiger partial charge in [-0.1, -0.05) is 12.1 Å². The smallest absolute Gasteiger partial charge is 0.257 e. The van der Waals surface area contributed by atoms with Gasteiger partial charge in [0.2, 0.25) is 0 Å². The van der Waals surface area contributed by atoms with E-state index in [4.69, 9.17) is 14.2 Å². The fourth-order valence-corrected chi connectivity index (χ4v) is 3.83. The molecule has 5 nitrogen and oxygen atoms in total. The molecule has 2 aromatic rings. The number of benzene rings is 2. The molecule has 0 bridgehead atoms. The first-order valence-corrected chi connectivity index (χ1v) is 10.3. The quantitative estimate of drug-likeness (QED) is 0.707. The third-order valence-electron chi connectivity index (χ3n) is 5.48. The SMILES string of the molecule is O=C(c1ccccc1OCC1CCCO1)N1CCC(Oc2ccc(F)cc2F)CC1. The van der Waals surface area contributed by atoms with E-state index in [2.05, 4.69) is 0 Å². The van der Waals surface area contributed by atoms with E-state index in [1.165, 1.54) is 12.1 Å². The van der Waals surface area contributed by atoms with E-state index in [0.29, 0.717) is 43.9 Å². The van der Waals surface area contributed by atoms with Gasteiger partial charge in [0.15, 0.2) is 11.6 Å². The van der Waals surface area contributed by atoms with Crippen LogP contribution >= 0.6 is 0 Å². The van der Waals surface area contributed by atoms with E-state index < -0.39 is 11.6 Å². The molecule has 4 rings (SSSR count). The molecule has 1 amide bonds. The number of carbonyl (C=O) groups excluding carboxylic acids is 1. The summed E-state index contributed by atoms with van der Waals surface area (Å²) in [6.45, 7) is 2.18. The maximum atomic E-state index is 13.8. The van der Waals surface area contributed by atoms with Gasteiger partial charge in [0.1, 0.15) is 24.3 Å². The first-order valence-electron chi connectivity index (χ1n) is 10.3. The zero-order chi connectivity index (χ0) is 20.9. The van der Waals surface area contributed by atoms with E-state index in [1.54, 1.807) is 17.0 Å². The number of hydrogen-bond donors (Lipinski definition) is 0. The van der Waals surface area contributed by atoms with E-state index in [1.807, 2.05) is 12.1 Å². The van der Waals surface area contributed by atoms with Crippen molar-refractivity contribution in [2.24, 2.45) is 0 Å². The highest BCUT2D eigenvalue weighted by atomic mass is 19.1. The molecule has 2 fully saturated rings. The number of carbonyl (C=O) groups is 1. The van der Waals surface area contributed by atoms with Gasteiger partial charge in [-0.2, -0.15) is 0 Å². The predicted octanol–water partition coefficient (Wildman–Crippen LogP) is 4.21. The molecular formula is C23H25F2NO4. The number of likely N-dealkylation sites (tertiary alicyclic amines) is 1. The maximum Gasteiger partial charge on any atom is 0.257 e. The van der Waals surface area contributed by atoms with Crippen LogP contribution in [0, 0.1) is 11.6 Å². The van der Waals surface area contributed by atoms with Gasteiger partial charge in [-0.15, -0.1) is 0 Å². The molecule has 0 aliphatic carbocycles. The van der Waals surface area contributed by atoms with Gasteiger partial charge in [0, 0.05) is 38.6 Å². The summed E-state index contributed by atoms with van der Waals surface area (Å²) < 4.78 is 44.0. The Balaban J connectivity index is 1.34. The second kappa shape index (κ2) is 9.43. The number of rotatable bonds is 6. The van der Waals surface area contributed by atoms with E-state index in [-0.39, 0.29) is 23.9 Å². The van der Waals surface area contributed by atoms with Crippen LogP contribution in [-0.2, 0) is 4.74 Å². The Labute approximate surface area is 174 Å². The van der Waals surface area contributed by atoms with Crippen LogP contribution < -0.4 is 9.47 Å². The third kappa shape index (κ3) is 4.90. The number of ether oxygens (including phenoxy) is 3. The molecule has 1 atom stereocenters. The summed E-state index contributed by atoms with van der Waals surface area (Å²) in [6.07, 6.45) is 3.00. The zero-order valence-electron chi connectivity index (χ0n) is 16.7. The van der Waals surface area contributed by atoms with Crippen LogP contribution in [0.2, 0.25) is 0 Å². The molecule has 7 heteroatoms. The summed E-state index contributed by atoms with van der Waals surface area (Å²) in [5, 5.41) is 0. The minimum atomic E-state index is -0.717. The summed E-state index contributed by atoms with van der Waals surface area (Å²) >= 11 is 0. The number of piperidine rings is 1. The second-order valence-corrected chi connectivity index (χ2v) is 7.63. The molecule has 1 unspecified atom stereocenters. The van der Waals surface area contributed by atoms with E-state index in [9.17, 15) is 13.6 Å². The van der Waals surface area contributed by atoms with E-state index >= 15 is 0 Å². The normalized spacial score (nSPS) is 19.7. The third-order valence-corrected chi connectivity index (χ3v) is 5.48. The summed E-state index contributed by atoms with van der Waals surface area (Å²) in [7, 11) is 0. The maximum absolute atomic E-state index is 13.8. The first kappa shape index (κ1) is 20.6. The van der Waals surface area contributed by atoms with Crippen molar-refractivity contribution in [1.29, 1.82) is 0 Å². The van der Waals surface area contributed by atoms with E-state index in [0.717, 1.165) is 25.5 Å². The Kier molecular flexibility index (Phi) is 6.47. The molecule has 2 aromatic carbocycles. The fourth-order valence-electron chi connectivity index (χ4n) is 3.83. The Morgan fingerprint density at radius 1 is 1.07 bits per heavy atom. The molecule has 2 saturated heterocycles. The monoisotopic (exact) mass is 417 g/mol. The fraction of sp³-hybridized carbons (Fsp3) is 0.435.